The first-order valence-electron chi connectivity index (χ1n) is 13.6. The van der Waals surface area contributed by atoms with Crippen molar-refractivity contribution in [2.75, 3.05) is 12.0 Å². The van der Waals surface area contributed by atoms with Gasteiger partial charge in [0.25, 0.3) is 0 Å². The molecule has 192 valence electrons. The highest BCUT2D eigenvalue weighted by Crippen LogP contribution is 2.69. The van der Waals surface area contributed by atoms with Crippen molar-refractivity contribution in [3.8, 4) is 0 Å². The molecule has 0 bridgehead atoms. The Bertz CT molecular complexity index is 813. The van der Waals surface area contributed by atoms with Crippen molar-refractivity contribution in [3.05, 3.63) is 0 Å². The summed E-state index contributed by atoms with van der Waals surface area (Å²) in [5.74, 6) is 2.34. The van der Waals surface area contributed by atoms with Crippen molar-refractivity contribution in [1.29, 1.82) is 0 Å². The van der Waals surface area contributed by atoms with Crippen LogP contribution in [0.2, 0.25) is 0 Å². The summed E-state index contributed by atoms with van der Waals surface area (Å²) in [5, 5.41) is 33.9. The largest absolute Gasteiger partial charge is 0.393 e. The quantitative estimate of drug-likeness (QED) is 0.529. The van der Waals surface area contributed by atoms with E-state index < -0.39 is 9.84 Å². The Morgan fingerprint density at radius 3 is 2.33 bits per heavy atom. The number of hydrogen-bond donors (Lipinski definition) is 3. The summed E-state index contributed by atoms with van der Waals surface area (Å²) < 4.78 is 23.2. The lowest BCUT2D eigenvalue weighted by Gasteiger charge is -2.65. The third kappa shape index (κ3) is 4.23. The molecule has 0 spiro atoms. The van der Waals surface area contributed by atoms with E-state index in [1.807, 2.05) is 0 Å². The summed E-state index contributed by atoms with van der Waals surface area (Å²) in [6.07, 6.45) is 8.26. The van der Waals surface area contributed by atoms with Gasteiger partial charge in [-0.3, -0.25) is 0 Å². The summed E-state index contributed by atoms with van der Waals surface area (Å²) in [5.41, 5.74) is -0.145. The fraction of sp³-hybridized carbons (Fsp3) is 1.00. The molecule has 5 nitrogen and oxygen atoms in total. The molecule has 0 aliphatic heterocycles. The van der Waals surface area contributed by atoms with Gasteiger partial charge < -0.3 is 15.3 Å². The average Bonchev–Trinajstić information content (AvgIpc) is 3.08. The molecule has 12 atom stereocenters. The number of aliphatic hydroxyl groups excluding tert-OH is 3. The second kappa shape index (κ2) is 9.05. The smallest absolute Gasteiger partial charge is 0.147 e. The molecule has 6 heteroatoms. The molecular weight excluding hydrogens is 436 g/mol. The van der Waals surface area contributed by atoms with Crippen molar-refractivity contribution in [1.82, 2.24) is 0 Å². The van der Waals surface area contributed by atoms with E-state index in [0.717, 1.165) is 51.4 Å². The summed E-state index contributed by atoms with van der Waals surface area (Å²) in [7, 11) is -2.95. The zero-order chi connectivity index (χ0) is 24.3. The Morgan fingerprint density at radius 1 is 1.00 bits per heavy atom. The van der Waals surface area contributed by atoms with Gasteiger partial charge in [-0.2, -0.15) is 0 Å². The van der Waals surface area contributed by atoms with Crippen molar-refractivity contribution in [2.45, 2.75) is 104 Å². The zero-order valence-electron chi connectivity index (χ0n) is 21.4. The first-order chi connectivity index (χ1) is 15.3. The maximum atomic E-state index is 11.8. The van der Waals surface area contributed by atoms with Gasteiger partial charge >= 0.3 is 0 Å². The van der Waals surface area contributed by atoms with Gasteiger partial charge in [0.05, 0.1) is 18.3 Å². The molecule has 3 N–H and O–H groups in total. The highest BCUT2D eigenvalue weighted by atomic mass is 32.2. The minimum atomic E-state index is -2.95. The van der Waals surface area contributed by atoms with E-state index in [1.165, 1.54) is 6.26 Å². The maximum absolute atomic E-state index is 11.8. The highest BCUT2D eigenvalue weighted by molar-refractivity contribution is 7.90. The number of sulfone groups is 1. The van der Waals surface area contributed by atoms with E-state index in [9.17, 15) is 23.7 Å². The molecule has 0 saturated heterocycles. The SMILES string of the molecule is CC[C@H]1[C@@H](O)C2C3CC[C@H]([C@H](C)CCCS(C)(=O)=O)[C@@]3(C)[C@@H](O)CC2[C@@]2(C)CC[C@@H](O)C[C@@H]12. The van der Waals surface area contributed by atoms with E-state index >= 15 is 0 Å². The fourth-order valence-electron chi connectivity index (χ4n) is 9.76. The van der Waals surface area contributed by atoms with Gasteiger partial charge in [0.2, 0.25) is 0 Å². The zero-order valence-corrected chi connectivity index (χ0v) is 22.2. The number of hydrogen-bond acceptors (Lipinski definition) is 5. The molecule has 4 aliphatic rings. The Labute approximate surface area is 201 Å². The van der Waals surface area contributed by atoms with E-state index in [2.05, 4.69) is 27.7 Å². The third-order valence-electron chi connectivity index (χ3n) is 11.4. The monoisotopic (exact) mass is 484 g/mol. The van der Waals surface area contributed by atoms with E-state index in [0.29, 0.717) is 36.0 Å². The Morgan fingerprint density at radius 2 is 1.70 bits per heavy atom. The topological polar surface area (TPSA) is 94.8 Å². The van der Waals surface area contributed by atoms with Crippen molar-refractivity contribution in [3.63, 3.8) is 0 Å². The number of fused-ring (bicyclic) bond motifs is 5. The van der Waals surface area contributed by atoms with Gasteiger partial charge in [-0.05, 0) is 104 Å². The average molecular weight is 485 g/mol. The number of rotatable bonds is 6. The predicted molar refractivity (Wildman–Crippen MR) is 131 cm³/mol. The molecule has 0 aromatic rings. The molecule has 0 radical (unpaired) electrons. The molecule has 4 aliphatic carbocycles. The van der Waals surface area contributed by atoms with Gasteiger partial charge in [0, 0.05) is 12.0 Å². The van der Waals surface area contributed by atoms with E-state index in [1.54, 1.807) is 0 Å². The van der Waals surface area contributed by atoms with E-state index in [4.69, 9.17) is 0 Å². The Balaban J connectivity index is 1.61. The number of aliphatic hydroxyl groups is 3. The molecule has 0 aromatic carbocycles. The van der Waals surface area contributed by atoms with Crippen LogP contribution in [0.5, 0.6) is 0 Å². The van der Waals surface area contributed by atoms with Gasteiger partial charge in [0.15, 0.2) is 0 Å². The maximum Gasteiger partial charge on any atom is 0.147 e. The molecule has 33 heavy (non-hydrogen) atoms. The standard InChI is InChI=1S/C27H48O5S/c1-6-18-21-14-17(28)11-12-26(21,3)22-15-23(29)27(4)19(9-10-20(27)24(22)25(18)30)16(2)8-7-13-33(5,31)32/h16-25,28-30H,6-15H2,1-5H3/t16-,17-,18-,19-,20?,21+,22?,23+,24?,25-,26+,27-/m1/s1. The Hall–Kier alpha value is -0.170. The van der Waals surface area contributed by atoms with Gasteiger partial charge in [-0.1, -0.05) is 34.1 Å². The second-order valence-corrected chi connectivity index (χ2v) is 15.2. The van der Waals surface area contributed by atoms with Crippen LogP contribution in [0.25, 0.3) is 0 Å². The van der Waals surface area contributed by atoms with E-state index in [-0.39, 0.29) is 46.7 Å². The molecule has 3 unspecified atom stereocenters. The summed E-state index contributed by atoms with van der Waals surface area (Å²) in [6.45, 7) is 9.10. The lowest BCUT2D eigenvalue weighted by molar-refractivity contribution is -0.228. The second-order valence-electron chi connectivity index (χ2n) is 12.9. The predicted octanol–water partition coefficient (Wildman–Crippen LogP) is 4.04. The lowest BCUT2D eigenvalue weighted by Crippen LogP contribution is -2.65. The summed E-state index contributed by atoms with van der Waals surface area (Å²) in [6, 6.07) is 0. The molecule has 4 saturated carbocycles. The van der Waals surface area contributed by atoms with Crippen LogP contribution in [-0.4, -0.2) is 54.1 Å². The Kier molecular flexibility index (Phi) is 7.10. The summed E-state index contributed by atoms with van der Waals surface area (Å²) in [4.78, 5) is 0. The van der Waals surface area contributed by atoms with Crippen molar-refractivity contribution in [2.24, 2.45) is 52.3 Å². The van der Waals surface area contributed by atoms with Crippen LogP contribution in [0.15, 0.2) is 0 Å². The molecule has 0 heterocycles. The molecule has 4 fully saturated rings. The molecule has 0 aromatic heterocycles. The van der Waals surface area contributed by atoms with Crippen LogP contribution in [-0.2, 0) is 9.84 Å². The lowest BCUT2D eigenvalue weighted by atomic mass is 9.41. The first kappa shape index (κ1) is 25.9. The minimum absolute atomic E-state index is 0.0747. The van der Waals surface area contributed by atoms with Crippen LogP contribution in [0.3, 0.4) is 0 Å². The van der Waals surface area contributed by atoms with Crippen molar-refractivity contribution >= 4 is 9.84 Å². The molecular formula is C27H48O5S. The third-order valence-corrected chi connectivity index (χ3v) is 12.5. The van der Waals surface area contributed by atoms with Crippen molar-refractivity contribution < 1.29 is 23.7 Å². The van der Waals surface area contributed by atoms with Gasteiger partial charge in [-0.25, -0.2) is 8.42 Å². The van der Waals surface area contributed by atoms with Crippen LogP contribution in [0.1, 0.15) is 85.5 Å². The fourth-order valence-corrected chi connectivity index (χ4v) is 10.4. The first-order valence-corrected chi connectivity index (χ1v) is 15.6. The summed E-state index contributed by atoms with van der Waals surface area (Å²) >= 11 is 0. The van der Waals surface area contributed by atoms with Gasteiger partial charge in [0.1, 0.15) is 9.84 Å². The van der Waals surface area contributed by atoms with Crippen LogP contribution < -0.4 is 0 Å². The van der Waals surface area contributed by atoms with Crippen LogP contribution >= 0.6 is 0 Å². The van der Waals surface area contributed by atoms with Crippen LogP contribution in [0, 0.1) is 52.3 Å². The highest BCUT2D eigenvalue weighted by Gasteiger charge is 2.67. The minimum Gasteiger partial charge on any atom is -0.393 e. The molecule has 4 rings (SSSR count). The van der Waals surface area contributed by atoms with Crippen LogP contribution in [0.4, 0.5) is 0 Å². The van der Waals surface area contributed by atoms with Gasteiger partial charge in [-0.15, -0.1) is 0 Å². The molecule has 0 amide bonds. The normalized spacial score (nSPS) is 50.8.